The Kier molecular flexibility index (Phi) is 5.25. The van der Waals surface area contributed by atoms with E-state index in [1.54, 1.807) is 12.1 Å². The molecule has 1 aromatic carbocycles. The number of anilines is 2. The molecule has 0 aliphatic rings. The molecule has 6 heteroatoms. The maximum Gasteiger partial charge on any atom is 0.291 e. The van der Waals surface area contributed by atoms with Crippen molar-refractivity contribution >= 4 is 28.9 Å². The highest BCUT2D eigenvalue weighted by Crippen LogP contribution is 2.19. The first-order valence-electron chi connectivity index (χ1n) is 6.66. The molecule has 0 saturated carbocycles. The van der Waals surface area contributed by atoms with Gasteiger partial charge in [-0.2, -0.15) is 0 Å². The van der Waals surface area contributed by atoms with Gasteiger partial charge in [0.15, 0.2) is 11.0 Å². The van der Waals surface area contributed by atoms with Gasteiger partial charge in [0, 0.05) is 24.5 Å². The van der Waals surface area contributed by atoms with Gasteiger partial charge in [0.1, 0.15) is 0 Å². The minimum Gasteiger partial charge on any atom is -0.440 e. The number of hydrogen-bond donors (Lipinski definition) is 2. The fourth-order valence-corrected chi connectivity index (χ4v) is 2.12. The van der Waals surface area contributed by atoms with E-state index in [-0.39, 0.29) is 23.5 Å². The maximum absolute atomic E-state index is 11.9. The lowest BCUT2D eigenvalue weighted by Crippen LogP contribution is -2.26. The van der Waals surface area contributed by atoms with Crippen molar-refractivity contribution in [3.8, 4) is 0 Å². The summed E-state index contributed by atoms with van der Waals surface area (Å²) in [4.78, 5) is 13.9. The zero-order chi connectivity index (χ0) is 15.2. The Morgan fingerprint density at radius 3 is 2.52 bits per heavy atom. The molecular weight excluding hydrogens is 292 g/mol. The molecule has 0 spiro atoms. The zero-order valence-electron chi connectivity index (χ0n) is 11.7. The molecule has 0 aliphatic carbocycles. The molecule has 21 heavy (non-hydrogen) atoms. The van der Waals surface area contributed by atoms with Gasteiger partial charge < -0.3 is 19.7 Å². The summed E-state index contributed by atoms with van der Waals surface area (Å²) < 4.78 is 5.05. The van der Waals surface area contributed by atoms with E-state index in [1.807, 2.05) is 24.0 Å². The number of nitrogens with zero attached hydrogens (tertiary/aromatic N) is 1. The van der Waals surface area contributed by atoms with Crippen LogP contribution in [0, 0.1) is 0 Å². The standard InChI is InChI=1S/C15H17ClN2O3/c1-2-18(9-10-19)12-5-3-11(4-6-12)17-15(20)13-7-8-14(16)21-13/h3-8,19H,2,9-10H2,1H3,(H,17,20). The molecule has 0 radical (unpaired) electrons. The molecule has 2 rings (SSSR count). The molecule has 2 N–H and O–H groups in total. The van der Waals surface area contributed by atoms with E-state index in [1.165, 1.54) is 12.1 Å². The van der Waals surface area contributed by atoms with Gasteiger partial charge in [-0.3, -0.25) is 4.79 Å². The number of furan rings is 1. The maximum atomic E-state index is 11.9. The molecule has 0 unspecified atom stereocenters. The van der Waals surface area contributed by atoms with Crippen LogP contribution in [0.1, 0.15) is 17.5 Å². The Morgan fingerprint density at radius 1 is 1.29 bits per heavy atom. The number of aliphatic hydroxyl groups is 1. The number of rotatable bonds is 6. The smallest absolute Gasteiger partial charge is 0.291 e. The summed E-state index contributed by atoms with van der Waals surface area (Å²) in [7, 11) is 0. The number of carbonyl (C=O) groups excluding carboxylic acids is 1. The molecule has 0 fully saturated rings. The van der Waals surface area contributed by atoms with E-state index in [9.17, 15) is 4.79 Å². The number of nitrogens with one attached hydrogen (secondary N) is 1. The number of benzene rings is 1. The van der Waals surface area contributed by atoms with Crippen LogP contribution in [-0.2, 0) is 0 Å². The summed E-state index contributed by atoms with van der Waals surface area (Å²) in [5.41, 5.74) is 1.65. The van der Waals surface area contributed by atoms with Crippen LogP contribution in [0.5, 0.6) is 0 Å². The van der Waals surface area contributed by atoms with Gasteiger partial charge in [-0.15, -0.1) is 0 Å². The molecular formula is C15H17ClN2O3. The lowest BCUT2D eigenvalue weighted by Gasteiger charge is -2.22. The second kappa shape index (κ2) is 7.15. The third-order valence-corrected chi connectivity index (χ3v) is 3.24. The van der Waals surface area contributed by atoms with E-state index >= 15 is 0 Å². The predicted molar refractivity (Wildman–Crippen MR) is 83.1 cm³/mol. The third-order valence-electron chi connectivity index (χ3n) is 3.04. The van der Waals surface area contributed by atoms with E-state index in [0.717, 1.165) is 12.2 Å². The predicted octanol–water partition coefficient (Wildman–Crippen LogP) is 3.00. The first kappa shape index (κ1) is 15.4. The van der Waals surface area contributed by atoms with E-state index in [4.69, 9.17) is 21.1 Å². The van der Waals surface area contributed by atoms with Crippen molar-refractivity contribution in [1.82, 2.24) is 0 Å². The minimum atomic E-state index is -0.350. The van der Waals surface area contributed by atoms with Crippen LogP contribution < -0.4 is 10.2 Å². The number of amides is 1. The lowest BCUT2D eigenvalue weighted by molar-refractivity contribution is 0.0997. The van der Waals surface area contributed by atoms with Gasteiger partial charge in [-0.05, 0) is 54.9 Å². The zero-order valence-corrected chi connectivity index (χ0v) is 12.4. The summed E-state index contributed by atoms with van der Waals surface area (Å²) in [6.07, 6.45) is 0. The fraction of sp³-hybridized carbons (Fsp3) is 0.267. The molecule has 1 heterocycles. The van der Waals surface area contributed by atoms with Gasteiger partial charge in [-0.25, -0.2) is 0 Å². The monoisotopic (exact) mass is 308 g/mol. The fourth-order valence-electron chi connectivity index (χ4n) is 1.98. The Labute approximate surface area is 128 Å². The number of likely N-dealkylation sites (N-methyl/N-ethyl adjacent to an activating group) is 1. The van der Waals surface area contributed by atoms with Crippen molar-refractivity contribution in [3.63, 3.8) is 0 Å². The summed E-state index contributed by atoms with van der Waals surface area (Å²) >= 11 is 5.64. The van der Waals surface area contributed by atoms with Crippen molar-refractivity contribution in [2.75, 3.05) is 29.9 Å². The molecule has 0 aliphatic heterocycles. The molecule has 5 nitrogen and oxygen atoms in total. The lowest BCUT2D eigenvalue weighted by atomic mass is 10.2. The highest BCUT2D eigenvalue weighted by atomic mass is 35.5. The van der Waals surface area contributed by atoms with E-state index in [0.29, 0.717) is 12.2 Å². The van der Waals surface area contributed by atoms with Crippen LogP contribution >= 0.6 is 11.6 Å². The van der Waals surface area contributed by atoms with Crippen LogP contribution in [0.15, 0.2) is 40.8 Å². The van der Waals surface area contributed by atoms with Gasteiger partial charge >= 0.3 is 0 Å². The first-order chi connectivity index (χ1) is 10.1. The topological polar surface area (TPSA) is 65.7 Å². The third kappa shape index (κ3) is 4.00. The van der Waals surface area contributed by atoms with Crippen molar-refractivity contribution < 1.29 is 14.3 Å². The normalized spacial score (nSPS) is 10.4. The van der Waals surface area contributed by atoms with Gasteiger partial charge in [-0.1, -0.05) is 0 Å². The van der Waals surface area contributed by atoms with Crippen LogP contribution in [0.4, 0.5) is 11.4 Å². The Hall–Kier alpha value is -1.98. The molecule has 1 amide bonds. The van der Waals surface area contributed by atoms with Crippen molar-refractivity contribution in [2.45, 2.75) is 6.92 Å². The Bertz CT molecular complexity index is 595. The Balaban J connectivity index is 2.03. The summed E-state index contributed by atoms with van der Waals surface area (Å²) in [6, 6.07) is 10.4. The molecule has 0 bridgehead atoms. The van der Waals surface area contributed by atoms with Gasteiger partial charge in [0.25, 0.3) is 5.91 Å². The second-order valence-electron chi connectivity index (χ2n) is 4.41. The second-order valence-corrected chi connectivity index (χ2v) is 4.78. The van der Waals surface area contributed by atoms with Gasteiger partial charge in [0.05, 0.1) is 6.61 Å². The summed E-state index contributed by atoms with van der Waals surface area (Å²) in [5.74, 6) is -0.183. The molecule has 2 aromatic rings. The largest absolute Gasteiger partial charge is 0.440 e. The van der Waals surface area contributed by atoms with E-state index < -0.39 is 0 Å². The molecule has 1 aromatic heterocycles. The number of halogens is 1. The molecule has 0 atom stereocenters. The SMILES string of the molecule is CCN(CCO)c1ccc(NC(=O)c2ccc(Cl)o2)cc1. The summed E-state index contributed by atoms with van der Waals surface area (Å²) in [5, 5.41) is 11.9. The van der Waals surface area contributed by atoms with Crippen LogP contribution in [-0.4, -0.2) is 30.7 Å². The molecule has 112 valence electrons. The van der Waals surface area contributed by atoms with Crippen molar-refractivity contribution in [3.05, 3.63) is 47.4 Å². The molecule has 0 saturated heterocycles. The average molecular weight is 309 g/mol. The van der Waals surface area contributed by atoms with Crippen LogP contribution in [0.25, 0.3) is 0 Å². The number of aliphatic hydroxyl groups excluding tert-OH is 1. The quantitative estimate of drug-likeness (QED) is 0.861. The Morgan fingerprint density at radius 2 is 2.00 bits per heavy atom. The minimum absolute atomic E-state index is 0.103. The summed E-state index contributed by atoms with van der Waals surface area (Å²) in [6.45, 7) is 3.50. The van der Waals surface area contributed by atoms with Crippen molar-refractivity contribution in [2.24, 2.45) is 0 Å². The number of hydrogen-bond acceptors (Lipinski definition) is 4. The van der Waals surface area contributed by atoms with Gasteiger partial charge in [0.2, 0.25) is 0 Å². The van der Waals surface area contributed by atoms with Crippen LogP contribution in [0.2, 0.25) is 5.22 Å². The van der Waals surface area contributed by atoms with Crippen LogP contribution in [0.3, 0.4) is 0 Å². The van der Waals surface area contributed by atoms with Crippen molar-refractivity contribution in [1.29, 1.82) is 0 Å². The first-order valence-corrected chi connectivity index (χ1v) is 7.04. The van der Waals surface area contributed by atoms with E-state index in [2.05, 4.69) is 5.32 Å². The highest BCUT2D eigenvalue weighted by Gasteiger charge is 2.11. The highest BCUT2D eigenvalue weighted by molar-refractivity contribution is 6.29. The number of carbonyl (C=O) groups is 1. The average Bonchev–Trinajstić information content (AvgIpc) is 2.92.